The maximum absolute atomic E-state index is 5.47. The third-order valence-electron chi connectivity index (χ3n) is 6.16. The molecular formula is C22H26N8O. The lowest BCUT2D eigenvalue weighted by Gasteiger charge is -2.41. The molecule has 9 heteroatoms. The van der Waals surface area contributed by atoms with Crippen LogP contribution in [0.25, 0.3) is 11.0 Å². The first-order chi connectivity index (χ1) is 15.4. The summed E-state index contributed by atoms with van der Waals surface area (Å²) in [6.07, 6.45) is 1.69. The second-order valence-corrected chi connectivity index (χ2v) is 8.11. The predicted octanol–water partition coefficient (Wildman–Crippen LogP) is 1.31. The Morgan fingerprint density at radius 2 is 1.84 bits per heavy atom. The molecule has 0 amide bonds. The standard InChI is InChI=1S/C22H26N8O/c1-2-7-19-17(5-1)25-22-29-16-28(10-9-27-11-13-31-14-12-27)15-24-21(29)26-20(30(19)22)18-6-3-4-8-23-18/h1-8,20H,9-16H2,(H,24,26). The maximum Gasteiger partial charge on any atom is 0.216 e. The molecule has 1 aromatic carbocycles. The molecule has 0 spiro atoms. The number of fused-ring (bicyclic) bond motifs is 5. The minimum atomic E-state index is -0.140. The van der Waals surface area contributed by atoms with Crippen LogP contribution in [0.5, 0.6) is 0 Å². The van der Waals surface area contributed by atoms with Crippen LogP contribution in [0.2, 0.25) is 0 Å². The molecule has 31 heavy (non-hydrogen) atoms. The summed E-state index contributed by atoms with van der Waals surface area (Å²) in [6.45, 7) is 7.12. The zero-order chi connectivity index (χ0) is 20.6. The number of pyridine rings is 1. The number of nitrogens with one attached hydrogen (secondary N) is 1. The lowest BCUT2D eigenvalue weighted by atomic mass is 10.2. The Morgan fingerprint density at radius 1 is 1.00 bits per heavy atom. The number of morpholine rings is 1. The van der Waals surface area contributed by atoms with Gasteiger partial charge in [-0.25, -0.2) is 9.98 Å². The maximum atomic E-state index is 5.47. The Balaban J connectivity index is 1.32. The molecule has 6 rings (SSSR count). The molecule has 3 aliphatic rings. The van der Waals surface area contributed by atoms with Crippen LogP contribution in [-0.4, -0.2) is 83.0 Å². The van der Waals surface area contributed by atoms with Crippen molar-refractivity contribution in [3.8, 4) is 0 Å². The molecule has 1 atom stereocenters. The van der Waals surface area contributed by atoms with Crippen molar-refractivity contribution in [1.82, 2.24) is 29.7 Å². The Labute approximate surface area is 180 Å². The number of nitrogens with zero attached hydrogens (tertiary/aromatic N) is 7. The van der Waals surface area contributed by atoms with Gasteiger partial charge in [-0.1, -0.05) is 18.2 Å². The van der Waals surface area contributed by atoms with Gasteiger partial charge in [0.25, 0.3) is 0 Å². The lowest BCUT2D eigenvalue weighted by Crippen LogP contribution is -2.58. The molecule has 2 aromatic heterocycles. The van der Waals surface area contributed by atoms with Gasteiger partial charge in [-0.2, -0.15) is 0 Å². The van der Waals surface area contributed by atoms with Gasteiger partial charge in [0, 0.05) is 32.4 Å². The monoisotopic (exact) mass is 418 g/mol. The number of benzene rings is 1. The zero-order valence-corrected chi connectivity index (χ0v) is 17.4. The molecule has 160 valence electrons. The molecule has 0 radical (unpaired) electrons. The highest BCUT2D eigenvalue weighted by molar-refractivity contribution is 5.98. The van der Waals surface area contributed by atoms with Gasteiger partial charge in [-0.05, 0) is 24.3 Å². The van der Waals surface area contributed by atoms with Crippen LogP contribution in [0.4, 0.5) is 5.95 Å². The van der Waals surface area contributed by atoms with Crippen LogP contribution in [0.3, 0.4) is 0 Å². The molecule has 1 unspecified atom stereocenters. The summed E-state index contributed by atoms with van der Waals surface area (Å²) in [6, 6.07) is 14.3. The number of imidazole rings is 1. The highest BCUT2D eigenvalue weighted by atomic mass is 16.5. The summed E-state index contributed by atoms with van der Waals surface area (Å²) in [7, 11) is 0. The number of hydrogen-bond acceptors (Lipinski definition) is 8. The van der Waals surface area contributed by atoms with E-state index in [0.29, 0.717) is 6.67 Å². The van der Waals surface area contributed by atoms with Crippen molar-refractivity contribution in [1.29, 1.82) is 0 Å². The highest BCUT2D eigenvalue weighted by Gasteiger charge is 2.36. The van der Waals surface area contributed by atoms with E-state index in [1.165, 1.54) is 0 Å². The van der Waals surface area contributed by atoms with Gasteiger partial charge in [0.05, 0.1) is 43.3 Å². The topological polar surface area (TPSA) is 74.1 Å². The van der Waals surface area contributed by atoms with Gasteiger partial charge in [0.15, 0.2) is 6.17 Å². The molecule has 1 fully saturated rings. The summed E-state index contributed by atoms with van der Waals surface area (Å²) in [5, 5.41) is 3.61. The smallest absolute Gasteiger partial charge is 0.216 e. The molecule has 0 bridgehead atoms. The van der Waals surface area contributed by atoms with Crippen LogP contribution in [0.1, 0.15) is 11.9 Å². The Hall–Kier alpha value is -3.01. The fourth-order valence-electron chi connectivity index (χ4n) is 4.50. The minimum Gasteiger partial charge on any atom is -0.379 e. The molecule has 3 aromatic rings. The van der Waals surface area contributed by atoms with Gasteiger partial charge in [0.1, 0.15) is 0 Å². The van der Waals surface area contributed by atoms with Crippen LogP contribution in [-0.2, 0) is 4.74 Å². The number of ether oxygens (including phenoxy) is 1. The number of anilines is 1. The second kappa shape index (κ2) is 7.92. The van der Waals surface area contributed by atoms with Crippen molar-refractivity contribution in [2.24, 2.45) is 4.99 Å². The van der Waals surface area contributed by atoms with Gasteiger partial charge >= 0.3 is 0 Å². The third-order valence-corrected chi connectivity index (χ3v) is 6.16. The van der Waals surface area contributed by atoms with Gasteiger partial charge < -0.3 is 10.1 Å². The Bertz CT molecular complexity index is 1090. The highest BCUT2D eigenvalue weighted by Crippen LogP contribution is 2.33. The summed E-state index contributed by atoms with van der Waals surface area (Å²) in [5.74, 6) is 1.77. The molecule has 1 saturated heterocycles. The molecule has 5 heterocycles. The van der Waals surface area contributed by atoms with E-state index in [2.05, 4.69) is 47.8 Å². The van der Waals surface area contributed by atoms with E-state index >= 15 is 0 Å². The molecule has 0 saturated carbocycles. The van der Waals surface area contributed by atoms with E-state index in [1.54, 1.807) is 0 Å². The SMILES string of the molecule is c1ccc(C2NC3=NCN(CCN4CCOCC4)CN3c3nc4ccccc4n32)nc1. The minimum absolute atomic E-state index is 0.140. The summed E-state index contributed by atoms with van der Waals surface area (Å²) in [4.78, 5) is 21.5. The fraction of sp³-hybridized carbons (Fsp3) is 0.409. The number of aromatic nitrogens is 3. The first-order valence-corrected chi connectivity index (χ1v) is 10.9. The summed E-state index contributed by atoms with van der Waals surface area (Å²) in [5.41, 5.74) is 3.01. The Kier molecular flexibility index (Phi) is 4.78. The van der Waals surface area contributed by atoms with E-state index < -0.39 is 0 Å². The third kappa shape index (κ3) is 3.44. The lowest BCUT2D eigenvalue weighted by molar-refractivity contribution is 0.0334. The van der Waals surface area contributed by atoms with E-state index in [4.69, 9.17) is 14.7 Å². The van der Waals surface area contributed by atoms with Crippen molar-refractivity contribution in [2.45, 2.75) is 6.17 Å². The fourth-order valence-corrected chi connectivity index (χ4v) is 4.50. The molecule has 1 N–H and O–H groups in total. The van der Waals surface area contributed by atoms with E-state index in [0.717, 1.165) is 74.7 Å². The van der Waals surface area contributed by atoms with Crippen LogP contribution in [0.15, 0.2) is 53.7 Å². The number of hydrogen-bond donors (Lipinski definition) is 1. The average molecular weight is 419 g/mol. The molecule has 0 aliphatic carbocycles. The second-order valence-electron chi connectivity index (χ2n) is 8.11. The average Bonchev–Trinajstić information content (AvgIpc) is 3.23. The van der Waals surface area contributed by atoms with Gasteiger partial charge in [0.2, 0.25) is 11.9 Å². The van der Waals surface area contributed by atoms with E-state index in [1.807, 2.05) is 30.5 Å². The number of para-hydroxylation sites is 2. The summed E-state index contributed by atoms with van der Waals surface area (Å²) >= 11 is 0. The Morgan fingerprint density at radius 3 is 2.71 bits per heavy atom. The van der Waals surface area contributed by atoms with Crippen molar-refractivity contribution in [3.05, 3.63) is 54.4 Å². The number of aliphatic imine (C=N–C) groups is 1. The molecular weight excluding hydrogens is 392 g/mol. The number of guanidine groups is 1. The van der Waals surface area contributed by atoms with Crippen molar-refractivity contribution in [2.75, 3.05) is 57.6 Å². The first-order valence-electron chi connectivity index (χ1n) is 10.9. The van der Waals surface area contributed by atoms with Gasteiger partial charge in [-0.15, -0.1) is 0 Å². The zero-order valence-electron chi connectivity index (χ0n) is 17.4. The van der Waals surface area contributed by atoms with Crippen molar-refractivity contribution < 1.29 is 4.74 Å². The number of rotatable bonds is 4. The summed E-state index contributed by atoms with van der Waals surface area (Å²) < 4.78 is 7.71. The van der Waals surface area contributed by atoms with Gasteiger partial charge in [-0.3, -0.25) is 24.3 Å². The predicted molar refractivity (Wildman–Crippen MR) is 119 cm³/mol. The van der Waals surface area contributed by atoms with Crippen molar-refractivity contribution in [3.63, 3.8) is 0 Å². The van der Waals surface area contributed by atoms with E-state index in [-0.39, 0.29) is 6.17 Å². The van der Waals surface area contributed by atoms with Crippen LogP contribution < -0.4 is 10.2 Å². The van der Waals surface area contributed by atoms with Crippen molar-refractivity contribution >= 4 is 22.9 Å². The molecule has 3 aliphatic heterocycles. The molecule has 9 nitrogen and oxygen atoms in total. The van der Waals surface area contributed by atoms with E-state index in [9.17, 15) is 0 Å². The van der Waals surface area contributed by atoms with Crippen LogP contribution in [0, 0.1) is 0 Å². The normalized spacial score (nSPS) is 22.0. The largest absolute Gasteiger partial charge is 0.379 e. The quantitative estimate of drug-likeness (QED) is 0.685. The van der Waals surface area contributed by atoms with Crippen LogP contribution >= 0.6 is 0 Å². The first kappa shape index (κ1) is 18.7.